The number of para-hydroxylation sites is 2. The van der Waals surface area contributed by atoms with Crippen LogP contribution in [0.5, 0.6) is 0 Å². The highest BCUT2D eigenvalue weighted by Gasteiger charge is 2.20. The molecule has 0 aromatic heterocycles. The number of rotatable bonds is 4. The Morgan fingerprint density at radius 2 is 0.967 bits per heavy atom. The number of anilines is 2. The molecule has 3 heteroatoms. The molecule has 0 bridgehead atoms. The lowest BCUT2D eigenvalue weighted by Gasteiger charge is -2.16. The summed E-state index contributed by atoms with van der Waals surface area (Å²) in [6.45, 7) is 4.03. The molecule has 0 heterocycles. The Morgan fingerprint density at radius 1 is 0.567 bits per heavy atom. The highest BCUT2D eigenvalue weighted by atomic mass is 16.1. The van der Waals surface area contributed by atoms with E-state index in [9.17, 15) is 4.79 Å². The molecule has 0 atom stereocenters. The van der Waals surface area contributed by atoms with Gasteiger partial charge in [-0.2, -0.15) is 0 Å². The van der Waals surface area contributed by atoms with Crippen LogP contribution in [-0.2, 0) is 0 Å². The molecule has 4 rings (SSSR count). The zero-order valence-corrected chi connectivity index (χ0v) is 17.1. The monoisotopic (exact) mass is 392 g/mol. The Bertz CT molecular complexity index is 1160. The van der Waals surface area contributed by atoms with E-state index in [1.807, 2.05) is 98.8 Å². The lowest BCUT2D eigenvalue weighted by atomic mass is 9.88. The molecule has 148 valence electrons. The largest absolute Gasteiger partial charge is 0.398 e. The van der Waals surface area contributed by atoms with Crippen molar-refractivity contribution in [3.8, 4) is 22.3 Å². The maximum atomic E-state index is 13.8. The van der Waals surface area contributed by atoms with E-state index in [-0.39, 0.29) is 5.78 Å². The highest BCUT2D eigenvalue weighted by Crippen LogP contribution is 2.35. The summed E-state index contributed by atoms with van der Waals surface area (Å²) in [4.78, 5) is 13.8. The quantitative estimate of drug-likeness (QED) is 0.329. The van der Waals surface area contributed by atoms with Gasteiger partial charge in [0.2, 0.25) is 0 Å². The molecule has 0 aliphatic rings. The first kappa shape index (κ1) is 19.5. The standard InChI is InChI=1S/C27H24N2O/c1-17-11-13-21(23(15-17)19-7-3-5-9-25(19)28)27(30)22-14-12-18(2)16-24(22)20-8-4-6-10-26(20)29/h3-16H,28-29H2,1-2H3. The molecule has 0 aliphatic heterocycles. The van der Waals surface area contributed by atoms with Gasteiger partial charge in [-0.3, -0.25) is 4.79 Å². The van der Waals surface area contributed by atoms with Gasteiger partial charge in [-0.1, -0.05) is 83.9 Å². The number of carbonyl (C=O) groups excluding carboxylic acids is 1. The summed E-state index contributed by atoms with van der Waals surface area (Å²) in [5, 5.41) is 0. The van der Waals surface area contributed by atoms with Crippen molar-refractivity contribution < 1.29 is 4.79 Å². The third-order valence-corrected chi connectivity index (χ3v) is 5.34. The fourth-order valence-electron chi connectivity index (χ4n) is 3.79. The van der Waals surface area contributed by atoms with Gasteiger partial charge < -0.3 is 11.5 Å². The minimum atomic E-state index is -0.0495. The Kier molecular flexibility index (Phi) is 5.11. The van der Waals surface area contributed by atoms with E-state index in [4.69, 9.17) is 11.5 Å². The van der Waals surface area contributed by atoms with Gasteiger partial charge in [-0.25, -0.2) is 0 Å². The summed E-state index contributed by atoms with van der Waals surface area (Å²) in [5.74, 6) is -0.0495. The van der Waals surface area contributed by atoms with E-state index >= 15 is 0 Å². The van der Waals surface area contributed by atoms with Gasteiger partial charge >= 0.3 is 0 Å². The Labute approximate surface area is 177 Å². The van der Waals surface area contributed by atoms with Crippen LogP contribution in [0.25, 0.3) is 22.3 Å². The molecular weight excluding hydrogens is 368 g/mol. The summed E-state index contributed by atoms with van der Waals surface area (Å²) >= 11 is 0. The molecule has 0 saturated carbocycles. The van der Waals surface area contributed by atoms with Crippen molar-refractivity contribution in [3.05, 3.63) is 107 Å². The Balaban J connectivity index is 1.93. The second-order valence-corrected chi connectivity index (χ2v) is 7.60. The molecule has 0 fully saturated rings. The lowest BCUT2D eigenvalue weighted by molar-refractivity contribution is 0.104. The zero-order chi connectivity index (χ0) is 21.3. The van der Waals surface area contributed by atoms with E-state index in [1.165, 1.54) is 0 Å². The van der Waals surface area contributed by atoms with Gasteiger partial charge in [-0.15, -0.1) is 0 Å². The Hall–Kier alpha value is -3.85. The van der Waals surface area contributed by atoms with Crippen molar-refractivity contribution in [2.45, 2.75) is 13.8 Å². The number of hydrogen-bond donors (Lipinski definition) is 2. The van der Waals surface area contributed by atoms with Crippen molar-refractivity contribution in [1.82, 2.24) is 0 Å². The third kappa shape index (κ3) is 3.58. The van der Waals surface area contributed by atoms with Crippen molar-refractivity contribution in [2.24, 2.45) is 0 Å². The molecule has 0 unspecified atom stereocenters. The van der Waals surface area contributed by atoms with E-state index in [0.717, 1.165) is 33.4 Å². The number of carbonyl (C=O) groups is 1. The third-order valence-electron chi connectivity index (χ3n) is 5.34. The summed E-state index contributed by atoms with van der Waals surface area (Å²) in [6, 6.07) is 27.0. The van der Waals surface area contributed by atoms with E-state index < -0.39 is 0 Å². The molecule has 3 nitrogen and oxygen atoms in total. The summed E-state index contributed by atoms with van der Waals surface area (Å²) < 4.78 is 0. The Morgan fingerprint density at radius 3 is 1.37 bits per heavy atom. The molecule has 0 radical (unpaired) electrons. The van der Waals surface area contributed by atoms with E-state index in [1.54, 1.807) is 0 Å². The normalized spacial score (nSPS) is 10.7. The average molecular weight is 393 g/mol. The number of hydrogen-bond acceptors (Lipinski definition) is 3. The predicted octanol–water partition coefficient (Wildman–Crippen LogP) is 6.03. The van der Waals surface area contributed by atoms with Crippen LogP contribution in [0, 0.1) is 13.8 Å². The second kappa shape index (κ2) is 7.88. The maximum Gasteiger partial charge on any atom is 0.194 e. The topological polar surface area (TPSA) is 69.1 Å². The minimum Gasteiger partial charge on any atom is -0.398 e. The molecule has 30 heavy (non-hydrogen) atoms. The molecule has 4 aromatic carbocycles. The SMILES string of the molecule is Cc1ccc(C(=O)c2ccc(C)cc2-c2ccccc2N)c(-c2ccccc2N)c1. The molecular formula is C27H24N2O. The number of nitrogens with two attached hydrogens (primary N) is 2. The average Bonchev–Trinajstić information content (AvgIpc) is 2.74. The first-order valence-electron chi connectivity index (χ1n) is 9.91. The van der Waals surface area contributed by atoms with Crippen LogP contribution < -0.4 is 11.5 Å². The maximum absolute atomic E-state index is 13.8. The van der Waals surface area contributed by atoms with Crippen LogP contribution in [0.1, 0.15) is 27.0 Å². The number of benzene rings is 4. The van der Waals surface area contributed by atoms with E-state index in [0.29, 0.717) is 22.5 Å². The minimum absolute atomic E-state index is 0.0495. The van der Waals surface area contributed by atoms with Gasteiger partial charge in [-0.05, 0) is 37.1 Å². The first-order chi connectivity index (χ1) is 14.5. The number of nitrogen functional groups attached to an aromatic ring is 2. The van der Waals surface area contributed by atoms with Crippen molar-refractivity contribution >= 4 is 17.2 Å². The smallest absolute Gasteiger partial charge is 0.194 e. The fraction of sp³-hybridized carbons (Fsp3) is 0.0741. The summed E-state index contributed by atoms with van der Waals surface area (Å²) in [5.41, 5.74) is 20.6. The molecule has 4 aromatic rings. The van der Waals surface area contributed by atoms with Gasteiger partial charge in [0.25, 0.3) is 0 Å². The lowest BCUT2D eigenvalue weighted by Crippen LogP contribution is -2.07. The van der Waals surface area contributed by atoms with E-state index in [2.05, 4.69) is 0 Å². The van der Waals surface area contributed by atoms with Crippen LogP contribution in [0.3, 0.4) is 0 Å². The number of aryl methyl sites for hydroxylation is 2. The molecule has 0 saturated heterocycles. The van der Waals surface area contributed by atoms with Crippen LogP contribution in [-0.4, -0.2) is 5.78 Å². The molecule has 0 aliphatic carbocycles. The van der Waals surface area contributed by atoms with Crippen LogP contribution in [0.4, 0.5) is 11.4 Å². The first-order valence-corrected chi connectivity index (χ1v) is 9.91. The zero-order valence-electron chi connectivity index (χ0n) is 17.1. The highest BCUT2D eigenvalue weighted by molar-refractivity contribution is 6.17. The van der Waals surface area contributed by atoms with Gasteiger partial charge in [0, 0.05) is 33.6 Å². The number of ketones is 1. The van der Waals surface area contributed by atoms with Gasteiger partial charge in [0.15, 0.2) is 5.78 Å². The predicted molar refractivity (Wildman–Crippen MR) is 125 cm³/mol. The van der Waals surface area contributed by atoms with Crippen molar-refractivity contribution in [3.63, 3.8) is 0 Å². The molecule has 4 N–H and O–H groups in total. The van der Waals surface area contributed by atoms with Crippen molar-refractivity contribution in [2.75, 3.05) is 11.5 Å². The van der Waals surface area contributed by atoms with Gasteiger partial charge in [0.05, 0.1) is 0 Å². The molecule has 0 spiro atoms. The fourth-order valence-corrected chi connectivity index (χ4v) is 3.79. The van der Waals surface area contributed by atoms with Gasteiger partial charge in [0.1, 0.15) is 0 Å². The summed E-state index contributed by atoms with van der Waals surface area (Å²) in [6.07, 6.45) is 0. The second-order valence-electron chi connectivity index (χ2n) is 7.60. The summed E-state index contributed by atoms with van der Waals surface area (Å²) in [7, 11) is 0. The van der Waals surface area contributed by atoms with Crippen LogP contribution in [0.2, 0.25) is 0 Å². The van der Waals surface area contributed by atoms with Crippen molar-refractivity contribution in [1.29, 1.82) is 0 Å². The van der Waals surface area contributed by atoms with Crippen LogP contribution in [0.15, 0.2) is 84.9 Å². The molecule has 0 amide bonds. The van der Waals surface area contributed by atoms with Crippen LogP contribution >= 0.6 is 0 Å².